The van der Waals surface area contributed by atoms with Crippen molar-refractivity contribution in [2.45, 2.75) is 32.5 Å². The summed E-state index contributed by atoms with van der Waals surface area (Å²) in [5.74, 6) is 2.66. The number of rotatable bonds is 8. The molecule has 1 atom stereocenters. The highest BCUT2D eigenvalue weighted by Gasteiger charge is 2.41. The van der Waals surface area contributed by atoms with E-state index in [1.807, 2.05) is 11.8 Å². The van der Waals surface area contributed by atoms with Gasteiger partial charge in [-0.15, -0.1) is 24.0 Å². The summed E-state index contributed by atoms with van der Waals surface area (Å²) in [6, 6.07) is 2.16. The average Bonchev–Trinajstić information content (AvgIpc) is 2.77. The SMILES string of the molecule is CCNC(=NCCc1c(OC)cc(OC)cc1OC)N1CCN(C(C)C(F)(F)F)CC1.I. The number of methoxy groups -OCH3 is 3. The van der Waals surface area contributed by atoms with Crippen molar-refractivity contribution >= 4 is 29.9 Å². The highest BCUT2D eigenvalue weighted by Crippen LogP contribution is 2.34. The van der Waals surface area contributed by atoms with E-state index >= 15 is 0 Å². The maximum Gasteiger partial charge on any atom is 0.403 e. The number of alkyl halides is 3. The first-order chi connectivity index (χ1) is 14.7. The van der Waals surface area contributed by atoms with Gasteiger partial charge in [0, 0.05) is 57.0 Å². The molecule has 0 bridgehead atoms. The van der Waals surface area contributed by atoms with Crippen LogP contribution in [-0.2, 0) is 6.42 Å². The number of benzene rings is 1. The third-order valence-corrected chi connectivity index (χ3v) is 5.41. The molecule has 1 aliphatic rings. The average molecular weight is 574 g/mol. The second-order valence-corrected chi connectivity index (χ2v) is 7.24. The van der Waals surface area contributed by atoms with Gasteiger partial charge in [0.15, 0.2) is 5.96 Å². The Morgan fingerprint density at radius 1 is 1.06 bits per heavy atom. The molecule has 7 nitrogen and oxygen atoms in total. The van der Waals surface area contributed by atoms with Gasteiger partial charge in [0.2, 0.25) is 0 Å². The lowest BCUT2D eigenvalue weighted by Crippen LogP contribution is -2.56. The predicted molar refractivity (Wildman–Crippen MR) is 130 cm³/mol. The molecule has 1 aromatic carbocycles. The number of guanidine groups is 1. The molecule has 1 aromatic rings. The second kappa shape index (κ2) is 13.2. The fraction of sp³-hybridized carbons (Fsp3) is 0.667. The minimum absolute atomic E-state index is 0. The molecule has 0 aromatic heterocycles. The van der Waals surface area contributed by atoms with Gasteiger partial charge >= 0.3 is 6.18 Å². The molecule has 0 amide bonds. The zero-order valence-electron chi connectivity index (χ0n) is 19.3. The lowest BCUT2D eigenvalue weighted by atomic mass is 10.1. The molecular formula is C21H34F3IN4O3. The van der Waals surface area contributed by atoms with Gasteiger partial charge in [-0.05, 0) is 20.3 Å². The van der Waals surface area contributed by atoms with Crippen LogP contribution in [0.5, 0.6) is 17.2 Å². The molecule has 0 radical (unpaired) electrons. The topological polar surface area (TPSA) is 58.6 Å². The first-order valence-electron chi connectivity index (χ1n) is 10.4. The number of halogens is 4. The summed E-state index contributed by atoms with van der Waals surface area (Å²) in [6.45, 7) is 5.98. The molecule has 0 spiro atoms. The molecule has 1 heterocycles. The quantitative estimate of drug-likeness (QED) is 0.292. The van der Waals surface area contributed by atoms with Gasteiger partial charge in [0.1, 0.15) is 23.3 Å². The van der Waals surface area contributed by atoms with Crippen LogP contribution in [0.2, 0.25) is 0 Å². The van der Waals surface area contributed by atoms with E-state index in [9.17, 15) is 13.2 Å². The molecule has 11 heteroatoms. The molecule has 1 aliphatic heterocycles. The monoisotopic (exact) mass is 574 g/mol. The van der Waals surface area contributed by atoms with Crippen LogP contribution in [0.3, 0.4) is 0 Å². The van der Waals surface area contributed by atoms with E-state index in [1.165, 1.54) is 11.8 Å². The van der Waals surface area contributed by atoms with Crippen molar-refractivity contribution in [1.29, 1.82) is 0 Å². The summed E-state index contributed by atoms with van der Waals surface area (Å²) in [4.78, 5) is 8.16. The number of aliphatic imine (C=N–C) groups is 1. The van der Waals surface area contributed by atoms with Crippen LogP contribution in [0, 0.1) is 0 Å². The van der Waals surface area contributed by atoms with Gasteiger partial charge in [-0.2, -0.15) is 13.2 Å². The van der Waals surface area contributed by atoms with Crippen LogP contribution < -0.4 is 19.5 Å². The molecule has 2 rings (SSSR count). The molecule has 32 heavy (non-hydrogen) atoms. The van der Waals surface area contributed by atoms with E-state index in [1.54, 1.807) is 33.5 Å². The van der Waals surface area contributed by atoms with Gasteiger partial charge in [0.05, 0.1) is 21.3 Å². The molecule has 1 unspecified atom stereocenters. The summed E-state index contributed by atoms with van der Waals surface area (Å²) < 4.78 is 55.2. The smallest absolute Gasteiger partial charge is 0.403 e. The van der Waals surface area contributed by atoms with Gasteiger partial charge in [-0.3, -0.25) is 9.89 Å². The fourth-order valence-electron chi connectivity index (χ4n) is 3.55. The number of nitrogens with one attached hydrogen (secondary N) is 1. The number of nitrogens with zero attached hydrogens (tertiary/aromatic N) is 3. The Morgan fingerprint density at radius 3 is 2.06 bits per heavy atom. The number of hydrogen-bond acceptors (Lipinski definition) is 5. The number of ether oxygens (including phenoxy) is 3. The molecular weight excluding hydrogens is 540 g/mol. The Hall–Kier alpha value is -1.63. The van der Waals surface area contributed by atoms with Crippen LogP contribution in [0.15, 0.2) is 17.1 Å². The largest absolute Gasteiger partial charge is 0.496 e. The molecule has 0 saturated carbocycles. The van der Waals surface area contributed by atoms with E-state index in [0.29, 0.717) is 68.9 Å². The van der Waals surface area contributed by atoms with Gasteiger partial charge in [-0.25, -0.2) is 0 Å². The zero-order valence-corrected chi connectivity index (χ0v) is 21.6. The van der Waals surface area contributed by atoms with Crippen molar-refractivity contribution in [2.75, 3.05) is 60.6 Å². The van der Waals surface area contributed by atoms with Gasteiger partial charge in [0.25, 0.3) is 0 Å². The number of piperazine rings is 1. The molecule has 184 valence electrons. The van der Waals surface area contributed by atoms with Crippen LogP contribution in [0.25, 0.3) is 0 Å². The Balaban J connectivity index is 0.00000512. The maximum atomic E-state index is 13.0. The van der Waals surface area contributed by atoms with Crippen molar-refractivity contribution in [1.82, 2.24) is 15.1 Å². The van der Waals surface area contributed by atoms with E-state index in [-0.39, 0.29) is 24.0 Å². The van der Waals surface area contributed by atoms with Crippen LogP contribution in [-0.4, -0.2) is 88.6 Å². The van der Waals surface area contributed by atoms with E-state index in [2.05, 4.69) is 5.32 Å². The minimum atomic E-state index is -4.21. The Kier molecular flexibility index (Phi) is 11.7. The van der Waals surface area contributed by atoms with Crippen LogP contribution in [0.1, 0.15) is 19.4 Å². The lowest BCUT2D eigenvalue weighted by Gasteiger charge is -2.39. The second-order valence-electron chi connectivity index (χ2n) is 7.24. The Labute approximate surface area is 205 Å². The highest BCUT2D eigenvalue weighted by molar-refractivity contribution is 14.0. The van der Waals surface area contributed by atoms with Crippen molar-refractivity contribution < 1.29 is 27.4 Å². The summed E-state index contributed by atoms with van der Waals surface area (Å²) in [7, 11) is 4.76. The lowest BCUT2D eigenvalue weighted by molar-refractivity contribution is -0.181. The third-order valence-electron chi connectivity index (χ3n) is 5.41. The van der Waals surface area contributed by atoms with Crippen molar-refractivity contribution in [3.63, 3.8) is 0 Å². The first-order valence-corrected chi connectivity index (χ1v) is 10.4. The predicted octanol–water partition coefficient (Wildman–Crippen LogP) is 3.41. The fourth-order valence-corrected chi connectivity index (χ4v) is 3.55. The minimum Gasteiger partial charge on any atom is -0.496 e. The van der Waals surface area contributed by atoms with Crippen molar-refractivity contribution in [3.05, 3.63) is 17.7 Å². The third kappa shape index (κ3) is 7.46. The Morgan fingerprint density at radius 2 is 1.62 bits per heavy atom. The van der Waals surface area contributed by atoms with Crippen molar-refractivity contribution in [2.24, 2.45) is 4.99 Å². The number of hydrogen-bond donors (Lipinski definition) is 1. The standard InChI is InChI=1S/C21H33F3N4O3.HI/c1-6-25-20(28-11-9-27(10-12-28)15(2)21(22,23)24)26-8-7-17-18(30-4)13-16(29-3)14-19(17)31-5;/h13-15H,6-12H2,1-5H3,(H,25,26);1H. The highest BCUT2D eigenvalue weighted by atomic mass is 127. The van der Waals surface area contributed by atoms with Gasteiger partial charge < -0.3 is 24.4 Å². The summed E-state index contributed by atoms with van der Waals surface area (Å²) in [6.07, 6.45) is -3.63. The normalized spacial score (nSPS) is 16.2. The van der Waals surface area contributed by atoms with Crippen LogP contribution >= 0.6 is 24.0 Å². The summed E-state index contributed by atoms with van der Waals surface area (Å²) in [5.41, 5.74) is 0.884. The molecule has 1 N–H and O–H groups in total. The maximum absolute atomic E-state index is 13.0. The first kappa shape index (κ1) is 28.4. The van der Waals surface area contributed by atoms with Gasteiger partial charge in [-0.1, -0.05) is 0 Å². The van der Waals surface area contributed by atoms with Crippen molar-refractivity contribution in [3.8, 4) is 17.2 Å². The Bertz CT molecular complexity index is 716. The molecule has 1 fully saturated rings. The van der Waals surface area contributed by atoms with Crippen LogP contribution in [0.4, 0.5) is 13.2 Å². The molecule has 1 saturated heterocycles. The van der Waals surface area contributed by atoms with E-state index in [0.717, 1.165) is 5.56 Å². The zero-order chi connectivity index (χ0) is 23.0. The van der Waals surface area contributed by atoms with E-state index in [4.69, 9.17) is 19.2 Å². The van der Waals surface area contributed by atoms with E-state index < -0.39 is 12.2 Å². The summed E-state index contributed by atoms with van der Waals surface area (Å²) in [5, 5.41) is 3.24. The molecule has 0 aliphatic carbocycles. The summed E-state index contributed by atoms with van der Waals surface area (Å²) >= 11 is 0.